The monoisotopic (exact) mass is 302 g/mol. The van der Waals surface area contributed by atoms with Crippen molar-refractivity contribution in [3.05, 3.63) is 32.8 Å². The molecule has 1 aromatic carbocycles. The first-order chi connectivity index (χ1) is 7.95. The van der Waals surface area contributed by atoms with Crippen LogP contribution in [0.3, 0.4) is 0 Å². The third-order valence-electron chi connectivity index (χ3n) is 2.14. The number of nitrogens with zero attached hydrogens (tertiary/aromatic N) is 2. The van der Waals surface area contributed by atoms with Gasteiger partial charge in [0.05, 0.1) is 12.0 Å². The molecular formula is C10H11BrN2O4. The minimum absolute atomic E-state index is 0.0427. The van der Waals surface area contributed by atoms with E-state index in [4.69, 9.17) is 0 Å². The molecule has 0 fully saturated rings. The lowest BCUT2D eigenvalue weighted by molar-refractivity contribution is -0.384. The quantitative estimate of drug-likeness (QED) is 0.483. The minimum atomic E-state index is -0.492. The first kappa shape index (κ1) is 13.4. The fourth-order valence-corrected chi connectivity index (χ4v) is 1.66. The van der Waals surface area contributed by atoms with Crippen molar-refractivity contribution >= 4 is 33.3 Å². The number of ether oxygens (including phenoxy) is 1. The maximum Gasteiger partial charge on any atom is 0.325 e. The number of hydrogen-bond donors (Lipinski definition) is 0. The molecule has 0 unspecified atom stereocenters. The molecule has 0 amide bonds. The second kappa shape index (κ2) is 5.62. The van der Waals surface area contributed by atoms with Crippen molar-refractivity contribution in [3.8, 4) is 0 Å². The van der Waals surface area contributed by atoms with Gasteiger partial charge in [0.2, 0.25) is 0 Å². The zero-order valence-electron chi connectivity index (χ0n) is 9.34. The summed E-state index contributed by atoms with van der Waals surface area (Å²) in [6.07, 6.45) is 0. The Hall–Kier alpha value is -1.63. The van der Waals surface area contributed by atoms with Crippen LogP contribution in [0.2, 0.25) is 0 Å². The van der Waals surface area contributed by atoms with E-state index in [1.807, 2.05) is 0 Å². The molecule has 17 heavy (non-hydrogen) atoms. The minimum Gasteiger partial charge on any atom is -0.468 e. The van der Waals surface area contributed by atoms with Crippen LogP contribution in [-0.4, -0.2) is 31.6 Å². The van der Waals surface area contributed by atoms with E-state index in [2.05, 4.69) is 20.7 Å². The second-order valence-electron chi connectivity index (χ2n) is 3.32. The van der Waals surface area contributed by atoms with E-state index in [0.717, 1.165) is 0 Å². The number of esters is 1. The fourth-order valence-electron chi connectivity index (χ4n) is 1.31. The van der Waals surface area contributed by atoms with E-state index < -0.39 is 10.9 Å². The first-order valence-electron chi connectivity index (χ1n) is 4.67. The predicted octanol–water partition coefficient (Wildman–Crippen LogP) is 1.97. The van der Waals surface area contributed by atoms with Gasteiger partial charge in [-0.25, -0.2) is 0 Å². The summed E-state index contributed by atoms with van der Waals surface area (Å²) in [6, 6.07) is 4.64. The molecule has 0 heterocycles. The Morgan fingerprint density at radius 2 is 2.24 bits per heavy atom. The lowest BCUT2D eigenvalue weighted by atomic mass is 10.2. The van der Waals surface area contributed by atoms with Gasteiger partial charge in [-0.3, -0.25) is 14.9 Å². The van der Waals surface area contributed by atoms with Crippen molar-refractivity contribution in [1.82, 2.24) is 0 Å². The van der Waals surface area contributed by atoms with E-state index >= 15 is 0 Å². The first-order valence-corrected chi connectivity index (χ1v) is 5.47. The highest BCUT2D eigenvalue weighted by Gasteiger charge is 2.19. The Morgan fingerprint density at radius 1 is 1.59 bits per heavy atom. The number of methoxy groups -OCH3 is 1. The van der Waals surface area contributed by atoms with Gasteiger partial charge in [-0.1, -0.05) is 15.9 Å². The van der Waals surface area contributed by atoms with E-state index in [-0.39, 0.29) is 12.2 Å². The van der Waals surface area contributed by atoms with Crippen LogP contribution >= 0.6 is 15.9 Å². The molecule has 0 bridgehead atoms. The van der Waals surface area contributed by atoms with Gasteiger partial charge in [-0.2, -0.15) is 0 Å². The number of nitro benzene ring substituents is 1. The maximum atomic E-state index is 11.1. The molecule has 0 spiro atoms. The summed E-state index contributed by atoms with van der Waals surface area (Å²) in [5, 5.41) is 10.9. The number of halogens is 1. The molecule has 6 nitrogen and oxygen atoms in total. The van der Waals surface area contributed by atoms with Crippen LogP contribution < -0.4 is 4.90 Å². The lowest BCUT2D eigenvalue weighted by Gasteiger charge is -2.17. The number of rotatable bonds is 4. The van der Waals surface area contributed by atoms with Gasteiger partial charge < -0.3 is 9.64 Å². The van der Waals surface area contributed by atoms with Gasteiger partial charge in [0.1, 0.15) is 12.2 Å². The molecular weight excluding hydrogens is 292 g/mol. The van der Waals surface area contributed by atoms with E-state index in [1.54, 1.807) is 19.2 Å². The van der Waals surface area contributed by atoms with Crippen molar-refractivity contribution in [2.24, 2.45) is 0 Å². The lowest BCUT2D eigenvalue weighted by Crippen LogP contribution is -2.26. The summed E-state index contributed by atoms with van der Waals surface area (Å²) in [7, 11) is 2.86. The SMILES string of the molecule is COC(=O)CN(C)c1ccc(Br)cc1[N+](=O)[O-]. The third kappa shape index (κ3) is 3.42. The van der Waals surface area contributed by atoms with Gasteiger partial charge in [-0.15, -0.1) is 0 Å². The molecule has 7 heteroatoms. The molecule has 0 saturated carbocycles. The highest BCUT2D eigenvalue weighted by molar-refractivity contribution is 9.10. The Labute approximate surface area is 106 Å². The molecule has 92 valence electrons. The summed E-state index contributed by atoms with van der Waals surface area (Å²) in [5.74, 6) is -0.454. The number of likely N-dealkylation sites (N-methyl/N-ethyl adjacent to an activating group) is 1. The summed E-state index contributed by atoms with van der Waals surface area (Å²) in [4.78, 5) is 23.0. The number of nitro groups is 1. The highest BCUT2D eigenvalue weighted by Crippen LogP contribution is 2.30. The Bertz CT molecular complexity index is 450. The largest absolute Gasteiger partial charge is 0.468 e. The smallest absolute Gasteiger partial charge is 0.325 e. The number of anilines is 1. The fraction of sp³-hybridized carbons (Fsp3) is 0.300. The standard InChI is InChI=1S/C10H11BrN2O4/c1-12(6-10(14)17-2)8-4-3-7(11)5-9(8)13(15)16/h3-5H,6H2,1-2H3. The normalized spacial score (nSPS) is 9.82. The Balaban J connectivity index is 3.04. The summed E-state index contributed by atoms with van der Waals surface area (Å²) in [6.45, 7) is -0.0427. The zero-order chi connectivity index (χ0) is 13.0. The third-order valence-corrected chi connectivity index (χ3v) is 2.63. The van der Waals surface area contributed by atoms with Crippen molar-refractivity contribution in [3.63, 3.8) is 0 Å². The molecule has 0 aliphatic heterocycles. The van der Waals surface area contributed by atoms with Crippen LogP contribution in [0.1, 0.15) is 0 Å². The van der Waals surface area contributed by atoms with Crippen LogP contribution in [-0.2, 0) is 9.53 Å². The molecule has 0 atom stereocenters. The van der Waals surface area contributed by atoms with E-state index in [9.17, 15) is 14.9 Å². The molecule has 0 saturated heterocycles. The average Bonchev–Trinajstić information content (AvgIpc) is 2.28. The summed E-state index contributed by atoms with van der Waals surface area (Å²) in [5.41, 5.74) is 0.300. The number of carbonyl (C=O) groups is 1. The van der Waals surface area contributed by atoms with Gasteiger partial charge in [0.25, 0.3) is 5.69 Å². The predicted molar refractivity (Wildman–Crippen MR) is 66.1 cm³/mol. The molecule has 0 N–H and O–H groups in total. The van der Waals surface area contributed by atoms with E-state index in [1.165, 1.54) is 18.1 Å². The summed E-state index contributed by atoms with van der Waals surface area (Å²) >= 11 is 3.16. The number of carbonyl (C=O) groups excluding carboxylic acids is 1. The van der Waals surface area contributed by atoms with Gasteiger partial charge in [0.15, 0.2) is 0 Å². The molecule has 0 aromatic heterocycles. The van der Waals surface area contributed by atoms with Crippen LogP contribution in [0.4, 0.5) is 11.4 Å². The Kier molecular flexibility index (Phi) is 4.45. The van der Waals surface area contributed by atoms with Crippen LogP contribution in [0.5, 0.6) is 0 Å². The molecule has 0 radical (unpaired) electrons. The van der Waals surface area contributed by atoms with Crippen molar-refractivity contribution < 1.29 is 14.5 Å². The number of hydrogen-bond acceptors (Lipinski definition) is 5. The second-order valence-corrected chi connectivity index (χ2v) is 4.24. The highest BCUT2D eigenvalue weighted by atomic mass is 79.9. The Morgan fingerprint density at radius 3 is 2.76 bits per heavy atom. The van der Waals surface area contributed by atoms with E-state index in [0.29, 0.717) is 10.2 Å². The van der Waals surface area contributed by atoms with Gasteiger partial charge in [-0.05, 0) is 12.1 Å². The van der Waals surface area contributed by atoms with Crippen molar-refractivity contribution in [1.29, 1.82) is 0 Å². The van der Waals surface area contributed by atoms with Gasteiger partial charge in [0, 0.05) is 17.6 Å². The number of benzene rings is 1. The van der Waals surface area contributed by atoms with Crippen molar-refractivity contribution in [2.45, 2.75) is 0 Å². The molecule has 1 rings (SSSR count). The van der Waals surface area contributed by atoms with Crippen molar-refractivity contribution in [2.75, 3.05) is 25.6 Å². The maximum absolute atomic E-state index is 11.1. The average molecular weight is 303 g/mol. The van der Waals surface area contributed by atoms with Crippen LogP contribution in [0, 0.1) is 10.1 Å². The molecule has 0 aliphatic carbocycles. The zero-order valence-corrected chi connectivity index (χ0v) is 10.9. The molecule has 1 aromatic rings. The summed E-state index contributed by atoms with van der Waals surface area (Å²) < 4.78 is 5.12. The molecule has 0 aliphatic rings. The van der Waals surface area contributed by atoms with Crippen LogP contribution in [0.25, 0.3) is 0 Å². The topological polar surface area (TPSA) is 72.7 Å². The van der Waals surface area contributed by atoms with Gasteiger partial charge >= 0.3 is 5.97 Å². The van der Waals surface area contributed by atoms with Crippen LogP contribution in [0.15, 0.2) is 22.7 Å².